The Hall–Kier alpha value is -3.02. The van der Waals surface area contributed by atoms with Gasteiger partial charge in [-0.1, -0.05) is 47.5 Å². The number of hydrazone groups is 1. The molecular formula is C23H20Cl2N2O3. The summed E-state index contributed by atoms with van der Waals surface area (Å²) >= 11 is 11.9. The van der Waals surface area contributed by atoms with Crippen molar-refractivity contribution in [2.75, 3.05) is 7.11 Å². The summed E-state index contributed by atoms with van der Waals surface area (Å²) in [7, 11) is 1.57. The molecule has 3 aromatic rings. The standard InChI is InChI=1S/C23H20Cl2N2O3/c1-15-5-3-4-6-17(15)14-30-21-10-7-16(11-22(21)29-2)13-26-27-23(28)19-9-8-18(24)12-20(19)25/h3-13H,14H2,1-2H3,(H,27,28)/b26-13+. The number of carbonyl (C=O) groups excluding carboxylic acids is 1. The molecule has 5 nitrogen and oxygen atoms in total. The van der Waals surface area contributed by atoms with Crippen LogP contribution in [0.1, 0.15) is 27.0 Å². The third-order valence-electron chi connectivity index (χ3n) is 4.39. The average molecular weight is 443 g/mol. The molecule has 0 aliphatic heterocycles. The van der Waals surface area contributed by atoms with E-state index >= 15 is 0 Å². The van der Waals surface area contributed by atoms with E-state index in [1.807, 2.05) is 37.3 Å². The smallest absolute Gasteiger partial charge is 0.272 e. The summed E-state index contributed by atoms with van der Waals surface area (Å²) in [6.07, 6.45) is 1.51. The van der Waals surface area contributed by atoms with Gasteiger partial charge in [0.2, 0.25) is 0 Å². The summed E-state index contributed by atoms with van der Waals surface area (Å²) in [6.45, 7) is 2.48. The number of carbonyl (C=O) groups is 1. The highest BCUT2D eigenvalue weighted by Gasteiger charge is 2.10. The molecule has 0 spiro atoms. The zero-order chi connectivity index (χ0) is 21.5. The minimum Gasteiger partial charge on any atom is -0.493 e. The normalized spacial score (nSPS) is 10.8. The molecule has 7 heteroatoms. The van der Waals surface area contributed by atoms with Gasteiger partial charge in [-0.3, -0.25) is 4.79 Å². The molecule has 0 saturated heterocycles. The van der Waals surface area contributed by atoms with Crippen LogP contribution >= 0.6 is 23.2 Å². The van der Waals surface area contributed by atoms with Gasteiger partial charge in [0.1, 0.15) is 6.61 Å². The van der Waals surface area contributed by atoms with E-state index in [4.69, 9.17) is 32.7 Å². The largest absolute Gasteiger partial charge is 0.493 e. The number of hydrogen-bond donors (Lipinski definition) is 1. The fraction of sp³-hybridized carbons (Fsp3) is 0.130. The molecule has 3 aromatic carbocycles. The SMILES string of the molecule is COc1cc(/C=N/NC(=O)c2ccc(Cl)cc2Cl)ccc1OCc1ccccc1C. The summed E-state index contributed by atoms with van der Waals surface area (Å²) in [5, 5.41) is 4.69. The summed E-state index contributed by atoms with van der Waals surface area (Å²) in [5.41, 5.74) is 5.73. The van der Waals surface area contributed by atoms with Crippen molar-refractivity contribution < 1.29 is 14.3 Å². The Morgan fingerprint density at radius 3 is 2.60 bits per heavy atom. The number of methoxy groups -OCH3 is 1. The number of nitrogens with zero attached hydrogens (tertiary/aromatic N) is 1. The van der Waals surface area contributed by atoms with Crippen molar-refractivity contribution in [3.63, 3.8) is 0 Å². The summed E-state index contributed by atoms with van der Waals surface area (Å²) < 4.78 is 11.3. The van der Waals surface area contributed by atoms with Gasteiger partial charge in [-0.05, 0) is 60.0 Å². The summed E-state index contributed by atoms with van der Waals surface area (Å²) in [5.74, 6) is 0.757. The molecule has 0 fully saturated rings. The van der Waals surface area contributed by atoms with Gasteiger partial charge in [0.15, 0.2) is 11.5 Å². The van der Waals surface area contributed by atoms with E-state index in [1.54, 1.807) is 31.4 Å². The van der Waals surface area contributed by atoms with Gasteiger partial charge in [0, 0.05) is 5.02 Å². The number of amides is 1. The lowest BCUT2D eigenvalue weighted by atomic mass is 10.1. The molecule has 0 aliphatic carbocycles. The van der Waals surface area contributed by atoms with Gasteiger partial charge in [0.05, 0.1) is 23.9 Å². The Bertz CT molecular complexity index is 1080. The van der Waals surface area contributed by atoms with Crippen LogP contribution in [0.4, 0.5) is 0 Å². The predicted molar refractivity (Wildman–Crippen MR) is 120 cm³/mol. The van der Waals surface area contributed by atoms with Crippen LogP contribution in [0, 0.1) is 6.92 Å². The second kappa shape index (κ2) is 10.1. The van der Waals surface area contributed by atoms with E-state index in [2.05, 4.69) is 10.5 Å². The Labute approximate surface area is 185 Å². The zero-order valence-electron chi connectivity index (χ0n) is 16.5. The lowest BCUT2D eigenvalue weighted by Crippen LogP contribution is -2.18. The minimum absolute atomic E-state index is 0.257. The molecule has 0 radical (unpaired) electrons. The maximum Gasteiger partial charge on any atom is 0.272 e. The van der Waals surface area contributed by atoms with Crippen LogP contribution < -0.4 is 14.9 Å². The molecule has 0 heterocycles. The molecule has 30 heavy (non-hydrogen) atoms. The van der Waals surface area contributed by atoms with E-state index in [1.165, 1.54) is 12.3 Å². The quantitative estimate of drug-likeness (QED) is 0.379. The number of aryl methyl sites for hydroxylation is 1. The van der Waals surface area contributed by atoms with Crippen LogP contribution in [-0.4, -0.2) is 19.2 Å². The van der Waals surface area contributed by atoms with Crippen molar-refractivity contribution in [3.8, 4) is 11.5 Å². The number of ether oxygens (including phenoxy) is 2. The third-order valence-corrected chi connectivity index (χ3v) is 4.94. The highest BCUT2D eigenvalue weighted by molar-refractivity contribution is 6.36. The zero-order valence-corrected chi connectivity index (χ0v) is 18.0. The van der Waals surface area contributed by atoms with Crippen LogP contribution in [0.25, 0.3) is 0 Å². The van der Waals surface area contributed by atoms with Crippen molar-refractivity contribution in [2.24, 2.45) is 5.10 Å². The monoisotopic (exact) mass is 442 g/mol. The van der Waals surface area contributed by atoms with Crippen LogP contribution in [0.5, 0.6) is 11.5 Å². The highest BCUT2D eigenvalue weighted by Crippen LogP contribution is 2.28. The van der Waals surface area contributed by atoms with Crippen molar-refractivity contribution in [3.05, 3.63) is 93.0 Å². The van der Waals surface area contributed by atoms with Gasteiger partial charge in [-0.2, -0.15) is 5.10 Å². The predicted octanol–water partition coefficient (Wildman–Crippen LogP) is 5.65. The van der Waals surface area contributed by atoms with Crippen LogP contribution in [-0.2, 0) is 6.61 Å². The average Bonchev–Trinajstić information content (AvgIpc) is 2.73. The number of hydrogen-bond acceptors (Lipinski definition) is 4. The van der Waals surface area contributed by atoms with Crippen LogP contribution in [0.2, 0.25) is 10.0 Å². The minimum atomic E-state index is -0.432. The highest BCUT2D eigenvalue weighted by atomic mass is 35.5. The first kappa shape index (κ1) is 21.7. The summed E-state index contributed by atoms with van der Waals surface area (Å²) in [4.78, 5) is 12.2. The fourth-order valence-corrected chi connectivity index (χ4v) is 3.20. The Kier molecular flexibility index (Phi) is 7.33. The van der Waals surface area contributed by atoms with Crippen LogP contribution in [0.15, 0.2) is 65.8 Å². The van der Waals surface area contributed by atoms with Crippen LogP contribution in [0.3, 0.4) is 0 Å². The van der Waals surface area contributed by atoms with Crippen molar-refractivity contribution >= 4 is 35.3 Å². The number of halogens is 2. The molecular weight excluding hydrogens is 423 g/mol. The molecule has 0 saturated carbocycles. The Balaban J connectivity index is 1.65. The molecule has 0 bridgehead atoms. The first-order valence-corrected chi connectivity index (χ1v) is 9.87. The molecule has 3 rings (SSSR count). The van der Waals surface area contributed by atoms with Gasteiger partial charge >= 0.3 is 0 Å². The first-order valence-electron chi connectivity index (χ1n) is 9.11. The third kappa shape index (κ3) is 5.53. The lowest BCUT2D eigenvalue weighted by molar-refractivity contribution is 0.0955. The van der Waals surface area contributed by atoms with Gasteiger partial charge in [-0.15, -0.1) is 0 Å². The number of benzene rings is 3. The summed E-state index contributed by atoms with van der Waals surface area (Å²) in [6, 6.07) is 18.1. The van der Waals surface area contributed by atoms with Crippen molar-refractivity contribution in [1.29, 1.82) is 0 Å². The number of rotatable bonds is 7. The lowest BCUT2D eigenvalue weighted by Gasteiger charge is -2.12. The Morgan fingerprint density at radius 1 is 1.07 bits per heavy atom. The van der Waals surface area contributed by atoms with Crippen molar-refractivity contribution in [2.45, 2.75) is 13.5 Å². The maximum atomic E-state index is 12.2. The fourth-order valence-electron chi connectivity index (χ4n) is 2.71. The second-order valence-corrected chi connectivity index (χ2v) is 7.29. The van der Waals surface area contributed by atoms with Crippen molar-refractivity contribution in [1.82, 2.24) is 5.43 Å². The Morgan fingerprint density at radius 2 is 1.87 bits per heavy atom. The topological polar surface area (TPSA) is 59.9 Å². The van der Waals surface area contributed by atoms with E-state index in [9.17, 15) is 4.79 Å². The molecule has 0 atom stereocenters. The number of nitrogens with one attached hydrogen (secondary N) is 1. The van der Waals surface area contributed by atoms with Gasteiger partial charge in [-0.25, -0.2) is 5.43 Å². The molecule has 154 valence electrons. The van der Waals surface area contributed by atoms with Gasteiger partial charge < -0.3 is 9.47 Å². The molecule has 1 amide bonds. The van der Waals surface area contributed by atoms with E-state index in [0.717, 1.165) is 16.7 Å². The van der Waals surface area contributed by atoms with E-state index in [-0.39, 0.29) is 10.6 Å². The molecule has 0 aliphatic rings. The second-order valence-electron chi connectivity index (χ2n) is 6.45. The molecule has 0 unspecified atom stereocenters. The van der Waals surface area contributed by atoms with E-state index in [0.29, 0.717) is 23.1 Å². The van der Waals surface area contributed by atoms with Gasteiger partial charge in [0.25, 0.3) is 5.91 Å². The molecule has 0 aromatic heterocycles. The van der Waals surface area contributed by atoms with E-state index < -0.39 is 5.91 Å². The first-order chi connectivity index (χ1) is 14.5. The maximum absolute atomic E-state index is 12.2. The molecule has 1 N–H and O–H groups in total.